The Bertz CT molecular complexity index is 1720. The highest BCUT2D eigenvalue weighted by molar-refractivity contribution is 7.91. The predicted octanol–water partition coefficient (Wildman–Crippen LogP) is 5.79. The third kappa shape index (κ3) is 9.96. The number of para-hydroxylation sites is 1. The van der Waals surface area contributed by atoms with Gasteiger partial charge < -0.3 is 20.6 Å². The molecule has 264 valence electrons. The predicted molar refractivity (Wildman–Crippen MR) is 166 cm³/mol. The summed E-state index contributed by atoms with van der Waals surface area (Å²) in [5.74, 6) is -4.38. The van der Waals surface area contributed by atoms with E-state index in [1.807, 2.05) is 30.3 Å². The number of benzene rings is 3. The second-order valence-corrected chi connectivity index (χ2v) is 13.7. The van der Waals surface area contributed by atoms with Gasteiger partial charge in [0.05, 0.1) is 16.2 Å². The lowest BCUT2D eigenvalue weighted by Gasteiger charge is -2.41. The van der Waals surface area contributed by atoms with E-state index >= 15 is 0 Å². The fourth-order valence-corrected chi connectivity index (χ4v) is 7.67. The summed E-state index contributed by atoms with van der Waals surface area (Å²) in [6.45, 7) is 0.315. The molecule has 3 N–H and O–H groups in total. The van der Waals surface area contributed by atoms with E-state index in [4.69, 9.17) is 9.90 Å². The van der Waals surface area contributed by atoms with E-state index in [0.29, 0.717) is 25.8 Å². The van der Waals surface area contributed by atoms with Gasteiger partial charge in [-0.15, -0.1) is 0 Å². The van der Waals surface area contributed by atoms with Gasteiger partial charge in [-0.05, 0) is 74.1 Å². The maximum Gasteiger partial charge on any atom is 0.490 e. The van der Waals surface area contributed by atoms with Crippen LogP contribution in [0.1, 0.15) is 41.6 Å². The first kappa shape index (κ1) is 37.2. The van der Waals surface area contributed by atoms with Gasteiger partial charge in [0.2, 0.25) is 5.91 Å². The number of aliphatic carboxylic acids is 1. The minimum Gasteiger partial charge on any atom is -0.475 e. The van der Waals surface area contributed by atoms with E-state index < -0.39 is 45.7 Å². The number of hydrogen-bond acceptors (Lipinski definition) is 6. The molecule has 0 aromatic heterocycles. The van der Waals surface area contributed by atoms with Crippen LogP contribution in [-0.4, -0.2) is 72.8 Å². The van der Waals surface area contributed by atoms with Crippen LogP contribution in [0.15, 0.2) is 89.8 Å². The van der Waals surface area contributed by atoms with Gasteiger partial charge in [0, 0.05) is 29.9 Å². The molecule has 3 aromatic carbocycles. The molecule has 5 rings (SSSR count). The Hall–Kier alpha value is -4.60. The Balaban J connectivity index is 0.000000698. The Morgan fingerprint density at radius 1 is 0.857 bits per heavy atom. The fraction of sp³-hybridized carbons (Fsp3) is 0.364. The van der Waals surface area contributed by atoms with Gasteiger partial charge in [-0.25, -0.2) is 13.2 Å². The minimum absolute atomic E-state index is 0.00809. The molecule has 2 fully saturated rings. The zero-order chi connectivity index (χ0) is 36.0. The molecule has 2 aliphatic rings. The second kappa shape index (κ2) is 15.3. The molecule has 1 saturated carbocycles. The van der Waals surface area contributed by atoms with E-state index in [0.717, 1.165) is 23.9 Å². The molecule has 3 aromatic rings. The smallest absolute Gasteiger partial charge is 0.475 e. The quantitative estimate of drug-likeness (QED) is 0.252. The molecule has 4 atom stereocenters. The van der Waals surface area contributed by atoms with Crippen LogP contribution in [0.2, 0.25) is 0 Å². The van der Waals surface area contributed by atoms with Gasteiger partial charge in [0.1, 0.15) is 6.04 Å². The van der Waals surface area contributed by atoms with Gasteiger partial charge in [-0.2, -0.15) is 26.3 Å². The molecule has 1 saturated heterocycles. The van der Waals surface area contributed by atoms with Crippen LogP contribution in [0.25, 0.3) is 0 Å². The lowest BCUT2D eigenvalue weighted by atomic mass is 9.81. The van der Waals surface area contributed by atoms with Crippen molar-refractivity contribution in [1.29, 1.82) is 0 Å². The van der Waals surface area contributed by atoms with Crippen molar-refractivity contribution >= 4 is 33.3 Å². The molecule has 0 bridgehead atoms. The SMILES string of the molecule is O=C(N[C@H]1CCN([C@H]2CC[C@@H](Nc3ccccc3)C[C@H]2CS(=O)(=O)c2ccccc2)C1=O)c1cccc(C(F)(F)F)c1.O=C(O)C(F)(F)F. The highest BCUT2D eigenvalue weighted by Crippen LogP contribution is 2.35. The third-order valence-corrected chi connectivity index (χ3v) is 10.1. The van der Waals surface area contributed by atoms with Crippen molar-refractivity contribution in [3.05, 3.63) is 96.1 Å². The summed E-state index contributed by atoms with van der Waals surface area (Å²) in [6.07, 6.45) is -7.59. The summed E-state index contributed by atoms with van der Waals surface area (Å²) in [4.78, 5) is 37.1. The van der Waals surface area contributed by atoms with Crippen LogP contribution in [0.5, 0.6) is 0 Å². The van der Waals surface area contributed by atoms with Crippen molar-refractivity contribution < 1.29 is 54.3 Å². The first-order chi connectivity index (χ1) is 23.0. The average molecular weight is 714 g/mol. The molecular weight excluding hydrogens is 680 g/mol. The van der Waals surface area contributed by atoms with Gasteiger partial charge in [-0.1, -0.05) is 42.5 Å². The van der Waals surface area contributed by atoms with Crippen molar-refractivity contribution in [2.45, 2.75) is 61.1 Å². The lowest BCUT2D eigenvalue weighted by Crippen LogP contribution is -2.51. The first-order valence-corrected chi connectivity index (χ1v) is 16.8. The number of carboxylic acid groups (broad SMARTS) is 1. The number of carbonyl (C=O) groups is 3. The number of nitrogens with zero attached hydrogens (tertiary/aromatic N) is 1. The summed E-state index contributed by atoms with van der Waals surface area (Å²) in [6, 6.07) is 20.7. The van der Waals surface area contributed by atoms with Gasteiger partial charge >= 0.3 is 18.3 Å². The molecule has 16 heteroatoms. The van der Waals surface area contributed by atoms with Crippen molar-refractivity contribution in [2.75, 3.05) is 17.6 Å². The molecule has 1 aliphatic carbocycles. The maximum absolute atomic E-state index is 13.5. The Labute approximate surface area is 278 Å². The largest absolute Gasteiger partial charge is 0.490 e. The fourth-order valence-electron chi connectivity index (χ4n) is 5.99. The second-order valence-electron chi connectivity index (χ2n) is 11.7. The molecule has 0 spiro atoms. The third-order valence-electron chi connectivity index (χ3n) is 8.26. The van der Waals surface area contributed by atoms with Crippen LogP contribution in [0, 0.1) is 5.92 Å². The van der Waals surface area contributed by atoms with E-state index in [9.17, 15) is 44.3 Å². The number of carboxylic acids is 1. The lowest BCUT2D eigenvalue weighted by molar-refractivity contribution is -0.192. The van der Waals surface area contributed by atoms with E-state index in [2.05, 4.69) is 10.6 Å². The van der Waals surface area contributed by atoms with E-state index in [-0.39, 0.29) is 46.5 Å². The molecule has 49 heavy (non-hydrogen) atoms. The van der Waals surface area contributed by atoms with E-state index in [1.54, 1.807) is 35.2 Å². The molecule has 2 amide bonds. The number of sulfone groups is 1. The van der Waals surface area contributed by atoms with Crippen molar-refractivity contribution in [3.63, 3.8) is 0 Å². The van der Waals surface area contributed by atoms with Crippen LogP contribution in [0.3, 0.4) is 0 Å². The Kier molecular flexibility index (Phi) is 11.6. The maximum atomic E-state index is 13.5. The van der Waals surface area contributed by atoms with Crippen LogP contribution in [-0.2, 0) is 25.6 Å². The number of alkyl halides is 6. The molecule has 1 heterocycles. The summed E-state index contributed by atoms with van der Waals surface area (Å²) in [5, 5.41) is 13.2. The normalized spacial score (nSPS) is 21.3. The van der Waals surface area contributed by atoms with Crippen LogP contribution < -0.4 is 10.6 Å². The average Bonchev–Trinajstić information content (AvgIpc) is 3.40. The summed E-state index contributed by atoms with van der Waals surface area (Å²) < 4.78 is 97.9. The van der Waals surface area contributed by atoms with Crippen LogP contribution >= 0.6 is 0 Å². The van der Waals surface area contributed by atoms with Crippen LogP contribution in [0.4, 0.5) is 32.0 Å². The molecular formula is C33H33F6N3O6S. The molecule has 0 unspecified atom stereocenters. The highest BCUT2D eigenvalue weighted by atomic mass is 32.2. The number of anilines is 1. The topological polar surface area (TPSA) is 133 Å². The molecule has 9 nitrogen and oxygen atoms in total. The van der Waals surface area contributed by atoms with Crippen molar-refractivity contribution in [2.24, 2.45) is 5.92 Å². The monoisotopic (exact) mass is 713 g/mol. The number of likely N-dealkylation sites (tertiary alicyclic amines) is 1. The first-order valence-electron chi connectivity index (χ1n) is 15.1. The van der Waals surface area contributed by atoms with Crippen molar-refractivity contribution in [3.8, 4) is 0 Å². The zero-order valence-electron chi connectivity index (χ0n) is 25.7. The standard InChI is InChI=1S/C31H32F3N3O4S.C2HF3O2/c32-31(33,34)23-9-7-8-21(18-23)29(38)36-27-16-17-37(30(27)39)28-15-14-25(35-24-10-3-1-4-11-24)19-22(28)20-42(40,41)26-12-5-2-6-13-26;3-2(4,5)1(6)7/h1-13,18,22,25,27-28,35H,14-17,19-20H2,(H,36,38);(H,6,7)/t22-,25+,27-,28-;/m0./s1. The zero-order valence-corrected chi connectivity index (χ0v) is 26.6. The molecule has 1 aliphatic heterocycles. The van der Waals surface area contributed by atoms with Gasteiger partial charge in [0.25, 0.3) is 5.91 Å². The number of hydrogen-bond donors (Lipinski definition) is 3. The Morgan fingerprint density at radius 3 is 2.06 bits per heavy atom. The minimum atomic E-state index is -5.08. The number of rotatable bonds is 8. The number of nitrogens with one attached hydrogen (secondary N) is 2. The van der Waals surface area contributed by atoms with Crippen molar-refractivity contribution in [1.82, 2.24) is 10.2 Å². The molecule has 0 radical (unpaired) electrons. The summed E-state index contributed by atoms with van der Waals surface area (Å²) >= 11 is 0. The van der Waals surface area contributed by atoms with Gasteiger partial charge in [-0.3, -0.25) is 9.59 Å². The van der Waals surface area contributed by atoms with E-state index in [1.165, 1.54) is 6.07 Å². The number of amides is 2. The van der Waals surface area contributed by atoms with Gasteiger partial charge in [0.15, 0.2) is 9.84 Å². The highest BCUT2D eigenvalue weighted by Gasteiger charge is 2.44. The number of carbonyl (C=O) groups excluding carboxylic acids is 2. The number of halogens is 6. The Morgan fingerprint density at radius 2 is 1.47 bits per heavy atom. The summed E-state index contributed by atoms with van der Waals surface area (Å²) in [7, 11) is -3.65. The summed E-state index contributed by atoms with van der Waals surface area (Å²) in [5.41, 5.74) is -0.200.